The maximum absolute atomic E-state index is 11.9. The molecule has 1 heterocycles. The first-order valence-electron chi connectivity index (χ1n) is 12.5. The zero-order chi connectivity index (χ0) is 23.8. The average molecular weight is 460 g/mol. The highest BCUT2D eigenvalue weighted by Gasteiger charge is 2.44. The van der Waals surface area contributed by atoms with E-state index in [4.69, 9.17) is 15.2 Å². The van der Waals surface area contributed by atoms with Gasteiger partial charge in [-0.15, -0.1) is 0 Å². The van der Waals surface area contributed by atoms with E-state index in [9.17, 15) is 24.9 Å². The zero-order valence-electron chi connectivity index (χ0n) is 19.8. The number of unbranched alkanes of at least 4 members (excludes halogenated alkanes) is 12. The predicted molar refractivity (Wildman–Crippen MR) is 121 cm³/mol. The average Bonchev–Trinajstić information content (AvgIpc) is 2.75. The van der Waals surface area contributed by atoms with Gasteiger partial charge < -0.3 is 30.5 Å². The summed E-state index contributed by atoms with van der Waals surface area (Å²) in [7, 11) is 0. The van der Waals surface area contributed by atoms with E-state index in [0.29, 0.717) is 0 Å². The molecule has 1 aliphatic rings. The van der Waals surface area contributed by atoms with Gasteiger partial charge in [-0.3, -0.25) is 9.59 Å². The molecular weight excluding hydrogens is 414 g/mol. The molecule has 8 heteroatoms. The predicted octanol–water partition coefficient (Wildman–Crippen LogP) is 2.94. The number of aliphatic hydroxyl groups is 3. The van der Waals surface area contributed by atoms with E-state index in [2.05, 4.69) is 6.92 Å². The maximum Gasteiger partial charge on any atom is 0.305 e. The van der Waals surface area contributed by atoms with Crippen LogP contribution < -0.4 is 5.73 Å². The van der Waals surface area contributed by atoms with Crippen molar-refractivity contribution in [3.8, 4) is 0 Å². The highest BCUT2D eigenvalue weighted by Crippen LogP contribution is 2.27. The molecule has 0 saturated carbocycles. The van der Waals surface area contributed by atoms with Crippen molar-refractivity contribution in [1.29, 1.82) is 0 Å². The Hall–Kier alpha value is -1.22. The molecule has 1 saturated heterocycles. The summed E-state index contributed by atoms with van der Waals surface area (Å²) in [5.41, 5.74) is 5.08. The molecule has 5 atom stereocenters. The quantitative estimate of drug-likeness (QED) is 0.182. The van der Waals surface area contributed by atoms with E-state index in [1.807, 2.05) is 0 Å². The van der Waals surface area contributed by atoms with Crippen molar-refractivity contribution in [2.75, 3.05) is 6.61 Å². The number of amides is 1. The Bertz CT molecular complexity index is 517. The highest BCUT2D eigenvalue weighted by atomic mass is 16.6. The van der Waals surface area contributed by atoms with Gasteiger partial charge in [-0.25, -0.2) is 0 Å². The van der Waals surface area contributed by atoms with Gasteiger partial charge in [0.2, 0.25) is 5.91 Å². The van der Waals surface area contributed by atoms with E-state index in [1.165, 1.54) is 64.2 Å². The molecule has 1 aliphatic heterocycles. The Morgan fingerprint density at radius 2 is 1.31 bits per heavy atom. The Balaban J connectivity index is 2.03. The number of hydrogen-bond donors (Lipinski definition) is 4. The molecule has 1 amide bonds. The normalized spacial score (nSPS) is 25.6. The Morgan fingerprint density at radius 1 is 0.812 bits per heavy atom. The summed E-state index contributed by atoms with van der Waals surface area (Å²) in [6, 6.07) is 0. The molecule has 5 N–H and O–H groups in total. The summed E-state index contributed by atoms with van der Waals surface area (Å²) >= 11 is 0. The molecule has 1 fully saturated rings. The molecule has 188 valence electrons. The van der Waals surface area contributed by atoms with Crippen LogP contribution in [0.4, 0.5) is 0 Å². The first kappa shape index (κ1) is 28.8. The smallest absolute Gasteiger partial charge is 0.305 e. The van der Waals surface area contributed by atoms with Crippen molar-refractivity contribution in [3.63, 3.8) is 0 Å². The molecular formula is C24H45NO7. The molecule has 0 aromatic heterocycles. The highest BCUT2D eigenvalue weighted by molar-refractivity contribution is 5.74. The molecule has 8 nitrogen and oxygen atoms in total. The van der Waals surface area contributed by atoms with Crippen LogP contribution in [0.1, 0.15) is 103 Å². The lowest BCUT2D eigenvalue weighted by atomic mass is 9.88. The fraction of sp³-hybridized carbons (Fsp3) is 0.917. The third-order valence-electron chi connectivity index (χ3n) is 6.18. The molecule has 0 aliphatic carbocycles. The van der Waals surface area contributed by atoms with Crippen LogP contribution in [0.25, 0.3) is 0 Å². The standard InChI is InChI=1S/C24H45NO7/c1-2-3-4-5-6-7-8-9-10-11-12-13-14-15-21(27)31-17-19-23(29)22(28)18(16-20(25)26)24(30)32-19/h18-19,22-24,28-30H,2-17H2,1H3,(H2,25,26)/t18-,19-,22-,23-,24+/m1/s1. The summed E-state index contributed by atoms with van der Waals surface area (Å²) in [6.07, 6.45) is 10.6. The number of aliphatic hydroxyl groups excluding tert-OH is 3. The van der Waals surface area contributed by atoms with Crippen LogP contribution in [0.15, 0.2) is 0 Å². The molecule has 0 aromatic rings. The van der Waals surface area contributed by atoms with Crippen LogP contribution >= 0.6 is 0 Å². The summed E-state index contributed by atoms with van der Waals surface area (Å²) in [5.74, 6) is -2.13. The third kappa shape index (κ3) is 12.1. The van der Waals surface area contributed by atoms with Gasteiger partial charge in [0.05, 0.1) is 6.10 Å². The minimum atomic E-state index is -1.47. The second-order valence-electron chi connectivity index (χ2n) is 9.06. The number of primary amides is 1. The van der Waals surface area contributed by atoms with Crippen LogP contribution in [0.3, 0.4) is 0 Å². The van der Waals surface area contributed by atoms with Gasteiger partial charge in [0, 0.05) is 18.8 Å². The summed E-state index contributed by atoms with van der Waals surface area (Å²) in [6.45, 7) is 1.97. The minimum Gasteiger partial charge on any atom is -0.463 e. The SMILES string of the molecule is CCCCCCCCCCCCCCCC(=O)OC[C@H]1O[C@H](O)[C@H](CC(N)=O)[C@@H](O)[C@@H]1O. The number of ether oxygens (including phenoxy) is 2. The van der Waals surface area contributed by atoms with E-state index < -0.39 is 42.4 Å². The van der Waals surface area contributed by atoms with E-state index >= 15 is 0 Å². The molecule has 1 rings (SSSR count). The van der Waals surface area contributed by atoms with Gasteiger partial charge in [-0.2, -0.15) is 0 Å². The van der Waals surface area contributed by atoms with E-state index in [-0.39, 0.29) is 19.4 Å². The second kappa shape index (κ2) is 17.3. The Kier molecular flexibility index (Phi) is 15.6. The topological polar surface area (TPSA) is 139 Å². The number of rotatable bonds is 18. The van der Waals surface area contributed by atoms with Gasteiger partial charge in [0.15, 0.2) is 6.29 Å². The van der Waals surface area contributed by atoms with Crippen LogP contribution in [-0.2, 0) is 19.1 Å². The molecule has 0 radical (unpaired) electrons. The molecule has 0 spiro atoms. The van der Waals surface area contributed by atoms with E-state index in [0.717, 1.165) is 19.3 Å². The Labute approximate surface area is 192 Å². The first-order chi connectivity index (χ1) is 15.4. The van der Waals surface area contributed by atoms with Gasteiger partial charge in [-0.1, -0.05) is 84.0 Å². The lowest BCUT2D eigenvalue weighted by molar-refractivity contribution is -0.271. The van der Waals surface area contributed by atoms with Gasteiger partial charge >= 0.3 is 5.97 Å². The van der Waals surface area contributed by atoms with Gasteiger partial charge in [0.25, 0.3) is 0 Å². The van der Waals surface area contributed by atoms with Crippen molar-refractivity contribution < 1.29 is 34.4 Å². The Morgan fingerprint density at radius 3 is 1.81 bits per heavy atom. The van der Waals surface area contributed by atoms with Crippen molar-refractivity contribution in [2.24, 2.45) is 11.7 Å². The zero-order valence-corrected chi connectivity index (χ0v) is 19.8. The fourth-order valence-corrected chi connectivity index (χ4v) is 4.13. The second-order valence-corrected chi connectivity index (χ2v) is 9.06. The van der Waals surface area contributed by atoms with Crippen LogP contribution in [0.5, 0.6) is 0 Å². The first-order valence-corrected chi connectivity index (χ1v) is 12.5. The largest absolute Gasteiger partial charge is 0.463 e. The van der Waals surface area contributed by atoms with Crippen molar-refractivity contribution in [1.82, 2.24) is 0 Å². The minimum absolute atomic E-state index is 0.268. The van der Waals surface area contributed by atoms with Gasteiger partial charge in [0.1, 0.15) is 18.8 Å². The number of esters is 1. The maximum atomic E-state index is 11.9. The molecule has 0 aromatic carbocycles. The summed E-state index contributed by atoms with van der Waals surface area (Å²) in [5, 5.41) is 30.1. The van der Waals surface area contributed by atoms with Crippen LogP contribution in [0.2, 0.25) is 0 Å². The van der Waals surface area contributed by atoms with Crippen molar-refractivity contribution in [2.45, 2.75) is 128 Å². The van der Waals surface area contributed by atoms with Crippen molar-refractivity contribution in [3.05, 3.63) is 0 Å². The third-order valence-corrected chi connectivity index (χ3v) is 6.18. The van der Waals surface area contributed by atoms with Crippen LogP contribution in [0, 0.1) is 5.92 Å². The lowest BCUT2D eigenvalue weighted by Gasteiger charge is -2.40. The monoisotopic (exact) mass is 459 g/mol. The molecule has 0 unspecified atom stereocenters. The fourth-order valence-electron chi connectivity index (χ4n) is 4.13. The van der Waals surface area contributed by atoms with Gasteiger partial charge in [-0.05, 0) is 6.42 Å². The number of hydrogen-bond acceptors (Lipinski definition) is 7. The number of carbonyl (C=O) groups excluding carboxylic acids is 2. The van der Waals surface area contributed by atoms with Crippen molar-refractivity contribution >= 4 is 11.9 Å². The molecule has 0 bridgehead atoms. The summed E-state index contributed by atoms with van der Waals surface area (Å²) < 4.78 is 10.3. The van der Waals surface area contributed by atoms with Crippen LogP contribution in [-0.4, -0.2) is 58.4 Å². The number of carbonyl (C=O) groups is 2. The summed E-state index contributed by atoms with van der Waals surface area (Å²) in [4.78, 5) is 22.9. The molecule has 32 heavy (non-hydrogen) atoms. The number of nitrogens with two attached hydrogens (primary N) is 1. The van der Waals surface area contributed by atoms with E-state index in [1.54, 1.807) is 0 Å². The lowest BCUT2D eigenvalue weighted by Crippen LogP contribution is -2.56.